The molecule has 0 bridgehead atoms. The molecule has 1 aromatic heterocycles. The highest BCUT2D eigenvalue weighted by atomic mass is 79.9. The molecule has 0 saturated heterocycles. The summed E-state index contributed by atoms with van der Waals surface area (Å²) in [4.78, 5) is 8.12. The number of nitriles is 1. The van der Waals surface area contributed by atoms with E-state index >= 15 is 0 Å². The van der Waals surface area contributed by atoms with Crippen LogP contribution in [0.4, 0.5) is 16.0 Å². The fraction of sp³-hybridized carbons (Fsp3) is 0.0833. The van der Waals surface area contributed by atoms with Gasteiger partial charge in [0.1, 0.15) is 11.9 Å². The van der Waals surface area contributed by atoms with Crippen LogP contribution in [0.15, 0.2) is 28.9 Å². The maximum Gasteiger partial charge on any atom is 0.232 e. The summed E-state index contributed by atoms with van der Waals surface area (Å²) in [6, 6.07) is 5.73. The highest BCUT2D eigenvalue weighted by molar-refractivity contribution is 9.10. The smallest absolute Gasteiger partial charge is 0.232 e. The summed E-state index contributed by atoms with van der Waals surface area (Å²) < 4.78 is 18.7. The number of anilines is 2. The van der Waals surface area contributed by atoms with Crippen molar-refractivity contribution in [3.63, 3.8) is 0 Å². The zero-order chi connectivity index (χ0) is 13.8. The van der Waals surface area contributed by atoms with Crippen molar-refractivity contribution in [1.29, 1.82) is 5.26 Å². The highest BCUT2D eigenvalue weighted by Crippen LogP contribution is 2.24. The highest BCUT2D eigenvalue weighted by Gasteiger charge is 2.08. The Hall–Kier alpha value is -2.20. The lowest BCUT2D eigenvalue weighted by Crippen LogP contribution is -2.01. The molecule has 0 aliphatic rings. The summed E-state index contributed by atoms with van der Waals surface area (Å²) in [6.07, 6.45) is 1.52. The van der Waals surface area contributed by atoms with Crippen LogP contribution >= 0.6 is 15.9 Å². The quantitative estimate of drug-likeness (QED) is 0.940. The Morgan fingerprint density at radius 2 is 2.26 bits per heavy atom. The molecule has 0 amide bonds. The van der Waals surface area contributed by atoms with Crippen LogP contribution in [0.5, 0.6) is 5.88 Å². The normalized spacial score (nSPS) is 9.79. The Bertz CT molecular complexity index is 657. The van der Waals surface area contributed by atoms with Crippen molar-refractivity contribution in [3.05, 3.63) is 40.2 Å². The van der Waals surface area contributed by atoms with Gasteiger partial charge in [-0.25, -0.2) is 9.37 Å². The number of benzene rings is 1. The number of halogens is 2. The summed E-state index contributed by atoms with van der Waals surface area (Å²) in [6.45, 7) is 0. The maximum atomic E-state index is 13.0. The minimum Gasteiger partial charge on any atom is -0.480 e. The SMILES string of the molecule is COc1nc(Nc2ccc(F)cc2C#N)ncc1Br. The van der Waals surface area contributed by atoms with Gasteiger partial charge in [-0.15, -0.1) is 0 Å². The largest absolute Gasteiger partial charge is 0.480 e. The molecule has 0 unspecified atom stereocenters. The predicted octanol–water partition coefficient (Wildman–Crippen LogP) is 3.00. The van der Waals surface area contributed by atoms with Crippen molar-refractivity contribution in [3.8, 4) is 11.9 Å². The van der Waals surface area contributed by atoms with E-state index in [4.69, 9.17) is 10.00 Å². The first kappa shape index (κ1) is 13.2. The predicted molar refractivity (Wildman–Crippen MR) is 70.7 cm³/mol. The van der Waals surface area contributed by atoms with Crippen molar-refractivity contribution >= 4 is 27.6 Å². The van der Waals surface area contributed by atoms with Crippen molar-refractivity contribution in [2.24, 2.45) is 0 Å². The number of nitrogens with one attached hydrogen (secondary N) is 1. The minimum absolute atomic E-state index is 0.172. The lowest BCUT2D eigenvalue weighted by atomic mass is 10.2. The molecule has 19 heavy (non-hydrogen) atoms. The van der Waals surface area contributed by atoms with E-state index in [0.29, 0.717) is 16.0 Å². The van der Waals surface area contributed by atoms with Crippen molar-refractivity contribution in [1.82, 2.24) is 9.97 Å². The van der Waals surface area contributed by atoms with E-state index in [2.05, 4.69) is 31.2 Å². The summed E-state index contributed by atoms with van der Waals surface area (Å²) >= 11 is 3.23. The van der Waals surface area contributed by atoms with Crippen LogP contribution in [-0.4, -0.2) is 17.1 Å². The van der Waals surface area contributed by atoms with Gasteiger partial charge >= 0.3 is 0 Å². The van der Waals surface area contributed by atoms with Crippen LogP contribution in [0.25, 0.3) is 0 Å². The molecule has 2 aromatic rings. The molecule has 96 valence electrons. The fourth-order valence-electron chi connectivity index (χ4n) is 1.39. The second kappa shape index (κ2) is 5.63. The lowest BCUT2D eigenvalue weighted by molar-refractivity contribution is 0.394. The molecule has 0 aliphatic heterocycles. The van der Waals surface area contributed by atoms with Crippen LogP contribution in [0.2, 0.25) is 0 Å². The third-order valence-corrected chi connectivity index (χ3v) is 2.80. The molecule has 1 aromatic carbocycles. The first-order chi connectivity index (χ1) is 9.13. The molecule has 0 fully saturated rings. The summed E-state index contributed by atoms with van der Waals surface area (Å²) in [7, 11) is 1.48. The van der Waals surface area contributed by atoms with Crippen LogP contribution in [0.1, 0.15) is 5.56 Å². The number of rotatable bonds is 3. The fourth-order valence-corrected chi connectivity index (χ4v) is 1.75. The zero-order valence-corrected chi connectivity index (χ0v) is 11.4. The molecular formula is C12H8BrFN4O. The molecule has 1 N–H and O–H groups in total. The Morgan fingerprint density at radius 1 is 1.47 bits per heavy atom. The van der Waals surface area contributed by atoms with E-state index in [9.17, 15) is 4.39 Å². The Morgan fingerprint density at radius 3 is 2.95 bits per heavy atom. The van der Waals surface area contributed by atoms with Crippen molar-refractivity contribution < 1.29 is 9.13 Å². The van der Waals surface area contributed by atoms with Gasteiger partial charge in [-0.05, 0) is 34.1 Å². The number of aromatic nitrogens is 2. The number of methoxy groups -OCH3 is 1. The van der Waals surface area contributed by atoms with E-state index in [1.807, 2.05) is 6.07 Å². The number of nitrogens with zero attached hydrogens (tertiary/aromatic N) is 3. The van der Waals surface area contributed by atoms with Gasteiger partial charge in [0.15, 0.2) is 0 Å². The van der Waals surface area contributed by atoms with E-state index in [-0.39, 0.29) is 11.5 Å². The summed E-state index contributed by atoms with van der Waals surface area (Å²) in [5, 5.41) is 11.8. The second-order valence-electron chi connectivity index (χ2n) is 3.48. The molecule has 1 heterocycles. The topological polar surface area (TPSA) is 70.8 Å². The van der Waals surface area contributed by atoms with Gasteiger partial charge in [-0.2, -0.15) is 10.2 Å². The lowest BCUT2D eigenvalue weighted by Gasteiger charge is -2.08. The van der Waals surface area contributed by atoms with E-state index in [1.54, 1.807) is 0 Å². The van der Waals surface area contributed by atoms with E-state index < -0.39 is 5.82 Å². The molecule has 0 radical (unpaired) electrons. The standard InChI is InChI=1S/C12H8BrFN4O/c1-19-11-9(13)6-16-12(18-11)17-10-3-2-8(14)4-7(10)5-15/h2-4,6H,1H3,(H,16,17,18). The van der Waals surface area contributed by atoms with Gasteiger partial charge in [-0.3, -0.25) is 0 Å². The average molecular weight is 323 g/mol. The summed E-state index contributed by atoms with van der Waals surface area (Å²) in [5.74, 6) is 0.137. The third-order valence-electron chi connectivity index (χ3n) is 2.25. The van der Waals surface area contributed by atoms with E-state index in [0.717, 1.165) is 6.07 Å². The van der Waals surface area contributed by atoms with Crippen molar-refractivity contribution in [2.75, 3.05) is 12.4 Å². The number of hydrogen-bond acceptors (Lipinski definition) is 5. The number of hydrogen-bond donors (Lipinski definition) is 1. The zero-order valence-electron chi connectivity index (χ0n) is 9.82. The van der Waals surface area contributed by atoms with Gasteiger partial charge in [0, 0.05) is 0 Å². The van der Waals surface area contributed by atoms with Crippen LogP contribution < -0.4 is 10.1 Å². The van der Waals surface area contributed by atoms with Crippen LogP contribution in [0, 0.1) is 17.1 Å². The molecule has 0 spiro atoms. The molecule has 7 heteroatoms. The monoisotopic (exact) mass is 322 g/mol. The third kappa shape index (κ3) is 2.98. The Labute approximate surface area is 117 Å². The van der Waals surface area contributed by atoms with E-state index in [1.165, 1.54) is 25.4 Å². The first-order valence-corrected chi connectivity index (χ1v) is 5.96. The number of ether oxygens (including phenoxy) is 1. The molecular weight excluding hydrogens is 315 g/mol. The van der Waals surface area contributed by atoms with Crippen molar-refractivity contribution in [2.45, 2.75) is 0 Å². The second-order valence-corrected chi connectivity index (χ2v) is 4.33. The Balaban J connectivity index is 2.34. The van der Waals surface area contributed by atoms with Gasteiger partial charge in [0.25, 0.3) is 0 Å². The van der Waals surface area contributed by atoms with Gasteiger partial charge in [-0.1, -0.05) is 0 Å². The summed E-state index contributed by atoms with van der Waals surface area (Å²) in [5.41, 5.74) is 0.596. The minimum atomic E-state index is -0.476. The maximum absolute atomic E-state index is 13.0. The molecule has 0 aliphatic carbocycles. The molecule has 0 saturated carbocycles. The Kier molecular flexibility index (Phi) is 3.92. The van der Waals surface area contributed by atoms with Gasteiger partial charge < -0.3 is 10.1 Å². The van der Waals surface area contributed by atoms with Crippen LogP contribution in [0.3, 0.4) is 0 Å². The molecule has 2 rings (SSSR count). The van der Waals surface area contributed by atoms with Gasteiger partial charge in [0.2, 0.25) is 11.8 Å². The van der Waals surface area contributed by atoms with Crippen LogP contribution in [-0.2, 0) is 0 Å². The first-order valence-electron chi connectivity index (χ1n) is 5.17. The molecule has 5 nitrogen and oxygen atoms in total. The van der Waals surface area contributed by atoms with Gasteiger partial charge in [0.05, 0.1) is 29.0 Å². The average Bonchev–Trinajstić information content (AvgIpc) is 2.42. The molecule has 0 atom stereocenters.